The smallest absolute Gasteiger partial charge is 0.219 e. The van der Waals surface area contributed by atoms with E-state index in [0.29, 0.717) is 18.4 Å². The van der Waals surface area contributed by atoms with E-state index < -0.39 is 0 Å². The molecule has 3 heteroatoms. The number of hydrogen-bond donors (Lipinski definition) is 2. The maximum Gasteiger partial charge on any atom is 0.219 e. The standard InChI is InChI=1S/C9H19NO.C3H9N/c1-5-9(11)10-8(4)6-7(2)3;1-2-3-4/h7-8H,5-6H2,1-4H3,(H,10,11);2-4H2,1H3. The largest absolute Gasteiger partial charge is 0.354 e. The van der Waals surface area contributed by atoms with Gasteiger partial charge in [-0.25, -0.2) is 0 Å². The van der Waals surface area contributed by atoms with Gasteiger partial charge in [0.25, 0.3) is 0 Å². The zero-order chi connectivity index (χ0) is 12.3. The Morgan fingerprint density at radius 2 is 1.73 bits per heavy atom. The first kappa shape index (κ1) is 16.8. The van der Waals surface area contributed by atoms with E-state index in [1.165, 1.54) is 0 Å². The summed E-state index contributed by atoms with van der Waals surface area (Å²) in [7, 11) is 0. The Morgan fingerprint density at radius 3 is 2.00 bits per heavy atom. The van der Waals surface area contributed by atoms with E-state index >= 15 is 0 Å². The number of nitrogens with two attached hydrogens (primary N) is 1. The molecule has 92 valence electrons. The van der Waals surface area contributed by atoms with Gasteiger partial charge in [-0.1, -0.05) is 27.7 Å². The van der Waals surface area contributed by atoms with Crippen LogP contribution in [0.25, 0.3) is 0 Å². The molecule has 0 aliphatic rings. The second-order valence-electron chi connectivity index (χ2n) is 4.24. The van der Waals surface area contributed by atoms with Crippen molar-refractivity contribution in [3.05, 3.63) is 0 Å². The maximum absolute atomic E-state index is 10.9. The van der Waals surface area contributed by atoms with Gasteiger partial charge in [0.2, 0.25) is 5.91 Å². The van der Waals surface area contributed by atoms with Gasteiger partial charge < -0.3 is 11.1 Å². The number of amides is 1. The molecule has 0 radical (unpaired) electrons. The fourth-order valence-electron chi connectivity index (χ4n) is 1.14. The molecule has 1 atom stereocenters. The first-order valence-corrected chi connectivity index (χ1v) is 5.97. The Balaban J connectivity index is 0. The van der Waals surface area contributed by atoms with Crippen LogP contribution in [0.1, 0.15) is 53.9 Å². The molecule has 0 bridgehead atoms. The van der Waals surface area contributed by atoms with Crippen LogP contribution in [0.15, 0.2) is 0 Å². The molecule has 3 N–H and O–H groups in total. The van der Waals surface area contributed by atoms with Gasteiger partial charge in [0, 0.05) is 12.5 Å². The molecule has 0 aliphatic carbocycles. The Morgan fingerprint density at radius 1 is 1.27 bits per heavy atom. The van der Waals surface area contributed by atoms with Crippen LogP contribution in [-0.2, 0) is 4.79 Å². The zero-order valence-corrected chi connectivity index (χ0v) is 11.0. The maximum atomic E-state index is 10.9. The highest BCUT2D eigenvalue weighted by molar-refractivity contribution is 5.75. The van der Waals surface area contributed by atoms with Gasteiger partial charge in [-0.2, -0.15) is 0 Å². The van der Waals surface area contributed by atoms with E-state index in [9.17, 15) is 4.79 Å². The predicted molar refractivity (Wildman–Crippen MR) is 66.7 cm³/mol. The third-order valence-corrected chi connectivity index (χ3v) is 1.84. The summed E-state index contributed by atoms with van der Waals surface area (Å²) in [5, 5.41) is 2.92. The lowest BCUT2D eigenvalue weighted by Gasteiger charge is -2.14. The lowest BCUT2D eigenvalue weighted by molar-refractivity contribution is -0.121. The Bertz CT molecular complexity index is 145. The fourth-order valence-corrected chi connectivity index (χ4v) is 1.14. The molecule has 3 nitrogen and oxygen atoms in total. The predicted octanol–water partition coefficient (Wildman–Crippen LogP) is 2.30. The highest BCUT2D eigenvalue weighted by Crippen LogP contribution is 2.03. The molecule has 0 aromatic rings. The highest BCUT2D eigenvalue weighted by Gasteiger charge is 2.06. The van der Waals surface area contributed by atoms with Gasteiger partial charge in [-0.3, -0.25) is 4.79 Å². The third-order valence-electron chi connectivity index (χ3n) is 1.84. The summed E-state index contributed by atoms with van der Waals surface area (Å²) < 4.78 is 0. The number of carbonyl (C=O) groups is 1. The molecular formula is C12H28N2O. The number of hydrogen-bond acceptors (Lipinski definition) is 2. The van der Waals surface area contributed by atoms with E-state index in [2.05, 4.69) is 26.1 Å². The second-order valence-corrected chi connectivity index (χ2v) is 4.24. The highest BCUT2D eigenvalue weighted by atomic mass is 16.1. The van der Waals surface area contributed by atoms with Crippen molar-refractivity contribution < 1.29 is 4.79 Å². The molecule has 0 spiro atoms. The van der Waals surface area contributed by atoms with Gasteiger partial charge in [0.05, 0.1) is 0 Å². The number of carbonyl (C=O) groups excluding carboxylic acids is 1. The van der Waals surface area contributed by atoms with Crippen LogP contribution in [0.2, 0.25) is 0 Å². The van der Waals surface area contributed by atoms with Crippen LogP contribution in [0.5, 0.6) is 0 Å². The molecule has 1 amide bonds. The molecule has 0 saturated carbocycles. The fraction of sp³-hybridized carbons (Fsp3) is 0.917. The minimum Gasteiger partial charge on any atom is -0.354 e. The van der Waals surface area contributed by atoms with Crippen LogP contribution >= 0.6 is 0 Å². The lowest BCUT2D eigenvalue weighted by Crippen LogP contribution is -2.32. The molecule has 0 aromatic carbocycles. The van der Waals surface area contributed by atoms with E-state index in [0.717, 1.165) is 19.4 Å². The van der Waals surface area contributed by atoms with Crippen LogP contribution in [-0.4, -0.2) is 18.5 Å². The quantitative estimate of drug-likeness (QED) is 0.741. The van der Waals surface area contributed by atoms with Crippen molar-refractivity contribution in [1.29, 1.82) is 0 Å². The van der Waals surface area contributed by atoms with Crippen molar-refractivity contribution in [2.24, 2.45) is 11.7 Å². The summed E-state index contributed by atoms with van der Waals surface area (Å²) in [6.45, 7) is 11.1. The summed E-state index contributed by atoms with van der Waals surface area (Å²) in [5.41, 5.74) is 5.03. The molecule has 0 saturated heterocycles. The molecule has 15 heavy (non-hydrogen) atoms. The topological polar surface area (TPSA) is 55.1 Å². The molecule has 0 aliphatic heterocycles. The molecule has 0 heterocycles. The Labute approximate surface area is 94.8 Å². The summed E-state index contributed by atoms with van der Waals surface area (Å²) in [5.74, 6) is 0.806. The first-order chi connectivity index (χ1) is 6.97. The molecular weight excluding hydrogens is 188 g/mol. The van der Waals surface area contributed by atoms with Crippen LogP contribution in [0, 0.1) is 5.92 Å². The minimum atomic E-state index is 0.151. The van der Waals surface area contributed by atoms with Gasteiger partial charge in [-0.15, -0.1) is 0 Å². The average Bonchev–Trinajstić information content (AvgIpc) is 2.16. The Hall–Kier alpha value is -0.570. The Kier molecular flexibility index (Phi) is 12.9. The van der Waals surface area contributed by atoms with Crippen molar-refractivity contribution in [1.82, 2.24) is 5.32 Å². The van der Waals surface area contributed by atoms with Crippen molar-refractivity contribution in [3.8, 4) is 0 Å². The first-order valence-electron chi connectivity index (χ1n) is 5.97. The van der Waals surface area contributed by atoms with Crippen molar-refractivity contribution in [3.63, 3.8) is 0 Å². The van der Waals surface area contributed by atoms with Crippen LogP contribution in [0.3, 0.4) is 0 Å². The molecule has 0 aromatic heterocycles. The van der Waals surface area contributed by atoms with E-state index in [-0.39, 0.29) is 5.91 Å². The average molecular weight is 216 g/mol. The van der Waals surface area contributed by atoms with Gasteiger partial charge in [0.15, 0.2) is 0 Å². The minimum absolute atomic E-state index is 0.151. The molecule has 0 fully saturated rings. The number of rotatable bonds is 5. The normalized spacial score (nSPS) is 11.7. The van der Waals surface area contributed by atoms with Crippen molar-refractivity contribution in [2.45, 2.75) is 59.9 Å². The van der Waals surface area contributed by atoms with Crippen LogP contribution in [0.4, 0.5) is 0 Å². The van der Waals surface area contributed by atoms with Crippen LogP contribution < -0.4 is 11.1 Å². The molecule has 1 unspecified atom stereocenters. The van der Waals surface area contributed by atoms with Gasteiger partial charge >= 0.3 is 0 Å². The third kappa shape index (κ3) is 16.1. The van der Waals surface area contributed by atoms with E-state index in [1.54, 1.807) is 0 Å². The number of nitrogens with one attached hydrogen (secondary N) is 1. The summed E-state index contributed by atoms with van der Waals surface area (Å²) >= 11 is 0. The summed E-state index contributed by atoms with van der Waals surface area (Å²) in [4.78, 5) is 10.9. The van der Waals surface area contributed by atoms with Gasteiger partial charge in [0.1, 0.15) is 0 Å². The van der Waals surface area contributed by atoms with E-state index in [1.807, 2.05) is 13.8 Å². The zero-order valence-electron chi connectivity index (χ0n) is 11.0. The summed E-state index contributed by atoms with van der Waals surface area (Å²) in [6, 6.07) is 0.322. The van der Waals surface area contributed by atoms with Crippen molar-refractivity contribution >= 4 is 5.91 Å². The van der Waals surface area contributed by atoms with E-state index in [4.69, 9.17) is 5.73 Å². The molecule has 0 rings (SSSR count). The van der Waals surface area contributed by atoms with Crippen molar-refractivity contribution in [2.75, 3.05) is 6.54 Å². The van der Waals surface area contributed by atoms with Gasteiger partial charge in [-0.05, 0) is 32.2 Å². The lowest BCUT2D eigenvalue weighted by atomic mass is 10.1. The monoisotopic (exact) mass is 216 g/mol. The summed E-state index contributed by atoms with van der Waals surface area (Å²) in [6.07, 6.45) is 2.74. The second kappa shape index (κ2) is 11.5. The SMILES string of the molecule is CCC(=O)NC(C)CC(C)C.CCCN.